The van der Waals surface area contributed by atoms with E-state index in [0.717, 1.165) is 37.3 Å². The van der Waals surface area contributed by atoms with E-state index in [9.17, 15) is 19.5 Å². The maximum Gasteiger partial charge on any atom is 0.323 e. The summed E-state index contributed by atoms with van der Waals surface area (Å²) in [5.74, 6) is -1.74. The number of amides is 1. The number of fused-ring (bicyclic) bond motifs is 1. The number of methoxy groups -OCH3 is 2. The lowest BCUT2D eigenvalue weighted by atomic mass is 9.98. The number of hydrogen-bond acceptors (Lipinski definition) is 8. The first-order valence-electron chi connectivity index (χ1n) is 14.4. The maximum absolute atomic E-state index is 13.6. The van der Waals surface area contributed by atoms with Crippen LogP contribution in [0.5, 0.6) is 11.5 Å². The Labute approximate surface area is 274 Å². The normalized spacial score (nSPS) is 15.8. The molecule has 0 aromatic heterocycles. The molecule has 10 nitrogen and oxygen atoms in total. The fraction of sp³-hybridized carbons (Fsp3) is 0.364. The molecule has 1 aliphatic heterocycles. The topological polar surface area (TPSA) is 124 Å². The van der Waals surface area contributed by atoms with Crippen molar-refractivity contribution in [3.8, 4) is 11.5 Å². The number of esters is 1. The van der Waals surface area contributed by atoms with Gasteiger partial charge in [0.15, 0.2) is 11.5 Å². The Bertz CT molecular complexity index is 1440. The Kier molecular flexibility index (Phi) is 13.9. The maximum atomic E-state index is 13.6. The molecule has 0 spiro atoms. The van der Waals surface area contributed by atoms with Crippen molar-refractivity contribution >= 4 is 47.5 Å². The van der Waals surface area contributed by atoms with Crippen LogP contribution in [-0.2, 0) is 30.3 Å². The first-order valence-corrected chi connectivity index (χ1v) is 14.8. The van der Waals surface area contributed by atoms with Crippen molar-refractivity contribution < 1.29 is 38.4 Å². The van der Waals surface area contributed by atoms with Crippen molar-refractivity contribution in [2.75, 3.05) is 45.4 Å². The van der Waals surface area contributed by atoms with Crippen LogP contribution < -0.4 is 19.7 Å². The molecule has 242 valence electrons. The smallest absolute Gasteiger partial charge is 0.323 e. The predicted octanol–water partition coefficient (Wildman–Crippen LogP) is 5.23. The molecule has 3 aromatic carbocycles. The summed E-state index contributed by atoms with van der Waals surface area (Å²) < 4.78 is 23.0. The number of halogens is 2. The van der Waals surface area contributed by atoms with E-state index >= 15 is 0 Å². The molecule has 45 heavy (non-hydrogen) atoms. The minimum atomic E-state index is -1.33. The summed E-state index contributed by atoms with van der Waals surface area (Å²) in [5, 5.41) is 13.4. The van der Waals surface area contributed by atoms with Crippen LogP contribution in [0, 0.1) is 0 Å². The summed E-state index contributed by atoms with van der Waals surface area (Å²) in [6.45, 7) is 1.47. The number of nitrogens with one attached hydrogen (secondary N) is 1. The lowest BCUT2D eigenvalue weighted by Crippen LogP contribution is -2.43. The summed E-state index contributed by atoms with van der Waals surface area (Å²) in [6, 6.07) is 20.4. The molecule has 0 fully saturated rings. The number of nitrogens with zero attached hydrogens (tertiary/aromatic N) is 1. The molecule has 2 N–H and O–H groups in total. The number of aryl methyl sites for hydroxylation is 1. The van der Waals surface area contributed by atoms with Gasteiger partial charge in [0.25, 0.3) is 5.91 Å². The molecular weight excluding hydrogens is 623 g/mol. The van der Waals surface area contributed by atoms with Crippen LogP contribution in [0.3, 0.4) is 0 Å². The van der Waals surface area contributed by atoms with Crippen molar-refractivity contribution in [1.29, 1.82) is 0 Å². The summed E-state index contributed by atoms with van der Waals surface area (Å²) in [5.41, 5.74) is 2.58. The number of hydrogen-bond donors (Lipinski definition) is 2. The second-order valence-corrected chi connectivity index (χ2v) is 10.7. The van der Waals surface area contributed by atoms with Gasteiger partial charge in [0.05, 0.1) is 32.9 Å². The monoisotopic (exact) mass is 660 g/mol. The van der Waals surface area contributed by atoms with Gasteiger partial charge in [0.2, 0.25) is 0 Å². The highest BCUT2D eigenvalue weighted by Gasteiger charge is 2.40. The molecular formula is C33H38Cl2N2O8. The van der Waals surface area contributed by atoms with Gasteiger partial charge >= 0.3 is 11.9 Å². The van der Waals surface area contributed by atoms with Crippen LogP contribution in [0.25, 0.3) is 0 Å². The van der Waals surface area contributed by atoms with Crippen LogP contribution in [0.1, 0.15) is 42.1 Å². The number of para-hydroxylation sites is 1. The van der Waals surface area contributed by atoms with E-state index in [0.29, 0.717) is 39.9 Å². The van der Waals surface area contributed by atoms with E-state index in [4.69, 9.17) is 30.5 Å². The zero-order valence-corrected chi connectivity index (χ0v) is 26.8. The molecule has 0 bridgehead atoms. The van der Waals surface area contributed by atoms with Crippen LogP contribution in [0.2, 0.25) is 5.02 Å². The molecule has 0 saturated carbocycles. The van der Waals surface area contributed by atoms with Crippen molar-refractivity contribution in [1.82, 2.24) is 5.32 Å². The van der Waals surface area contributed by atoms with Crippen LogP contribution >= 0.6 is 24.0 Å². The van der Waals surface area contributed by atoms with Crippen molar-refractivity contribution in [2.24, 2.45) is 0 Å². The lowest BCUT2D eigenvalue weighted by molar-refractivity contribution is -0.149. The Balaban J connectivity index is 0.00000552. The number of carbonyl (C=O) groups excluding carboxylic acids is 2. The number of benzene rings is 3. The van der Waals surface area contributed by atoms with E-state index in [-0.39, 0.29) is 12.4 Å². The summed E-state index contributed by atoms with van der Waals surface area (Å²) in [4.78, 5) is 38.6. The number of carboxylic acid groups (broad SMARTS) is 1. The highest BCUT2D eigenvalue weighted by Crippen LogP contribution is 2.45. The second-order valence-electron chi connectivity index (χ2n) is 10.2. The molecule has 0 unspecified atom stereocenters. The van der Waals surface area contributed by atoms with Crippen LogP contribution in [-0.4, -0.2) is 69.5 Å². The third kappa shape index (κ3) is 9.58. The van der Waals surface area contributed by atoms with Gasteiger partial charge in [0, 0.05) is 16.1 Å². The first-order chi connectivity index (χ1) is 21.3. The number of anilines is 1. The standard InChI is InChI=1S/C33H37ClN2O8.ClH/c1-41-30(39)20-28-33(40)36(21-29(37)38)26-15-14-23(34)19-25(26)31(44-28)24-12-6-13-27(32(24)42-2)43-18-8-17-35-16-7-11-22-9-4-3-5-10-22;/h3-6,9-10,12-15,19,28,31,35H,7-8,11,16-18,20-21H2,1-2H3,(H,37,38);1H/t28-,31-;/m0./s1. The Morgan fingerprint density at radius 3 is 2.47 bits per heavy atom. The largest absolute Gasteiger partial charge is 0.492 e. The van der Waals surface area contributed by atoms with E-state index in [1.807, 2.05) is 18.2 Å². The number of carboxylic acids is 1. The van der Waals surface area contributed by atoms with Gasteiger partial charge in [-0.3, -0.25) is 19.3 Å². The lowest BCUT2D eigenvalue weighted by Gasteiger charge is -2.24. The van der Waals surface area contributed by atoms with Crippen molar-refractivity contribution in [3.63, 3.8) is 0 Å². The zero-order chi connectivity index (χ0) is 31.5. The molecule has 3 aromatic rings. The van der Waals surface area contributed by atoms with Gasteiger partial charge in [-0.25, -0.2) is 0 Å². The zero-order valence-electron chi connectivity index (χ0n) is 25.2. The summed E-state index contributed by atoms with van der Waals surface area (Å²) >= 11 is 6.37. The molecule has 1 heterocycles. The highest BCUT2D eigenvalue weighted by atomic mass is 35.5. The van der Waals surface area contributed by atoms with Crippen molar-refractivity contribution in [2.45, 2.75) is 37.9 Å². The SMILES string of the molecule is COC(=O)C[C@@H]1O[C@@H](c2cccc(OCCCNCCCc3ccccc3)c2OC)c2cc(Cl)ccc2N(CC(=O)O)C1=O.Cl. The van der Waals surface area contributed by atoms with Gasteiger partial charge in [-0.05, 0) is 62.2 Å². The summed E-state index contributed by atoms with van der Waals surface area (Å²) in [7, 11) is 2.71. The number of ether oxygens (including phenoxy) is 4. The second kappa shape index (κ2) is 17.6. The fourth-order valence-electron chi connectivity index (χ4n) is 5.12. The van der Waals surface area contributed by atoms with Gasteiger partial charge in [-0.1, -0.05) is 54.1 Å². The molecule has 4 rings (SSSR count). The fourth-order valence-corrected chi connectivity index (χ4v) is 5.30. The van der Waals surface area contributed by atoms with Crippen LogP contribution in [0.4, 0.5) is 5.69 Å². The first kappa shape index (κ1) is 35.6. The van der Waals surface area contributed by atoms with E-state index in [2.05, 4.69) is 17.4 Å². The minimum Gasteiger partial charge on any atom is -0.492 e. The van der Waals surface area contributed by atoms with E-state index in [1.54, 1.807) is 36.4 Å². The molecule has 0 saturated heterocycles. The van der Waals surface area contributed by atoms with Gasteiger partial charge in [-0.15, -0.1) is 12.4 Å². The Morgan fingerprint density at radius 1 is 1.00 bits per heavy atom. The average Bonchev–Trinajstić information content (AvgIpc) is 3.12. The highest BCUT2D eigenvalue weighted by molar-refractivity contribution is 6.30. The Hall–Kier alpha value is -3.83. The third-order valence-electron chi connectivity index (χ3n) is 7.19. The third-order valence-corrected chi connectivity index (χ3v) is 7.43. The Morgan fingerprint density at radius 2 is 1.76 bits per heavy atom. The van der Waals surface area contributed by atoms with Gasteiger partial charge in [0.1, 0.15) is 18.8 Å². The number of carbonyl (C=O) groups is 3. The molecule has 1 amide bonds. The van der Waals surface area contributed by atoms with Gasteiger partial charge in [-0.2, -0.15) is 0 Å². The molecule has 1 aliphatic rings. The van der Waals surface area contributed by atoms with Crippen LogP contribution in [0.15, 0.2) is 66.7 Å². The molecule has 0 aliphatic carbocycles. The average molecular weight is 662 g/mol. The quantitative estimate of drug-likeness (QED) is 0.167. The molecule has 0 radical (unpaired) electrons. The minimum absolute atomic E-state index is 0. The predicted molar refractivity (Wildman–Crippen MR) is 173 cm³/mol. The summed E-state index contributed by atoms with van der Waals surface area (Å²) in [6.07, 6.45) is 0.117. The molecule has 12 heteroatoms. The molecule has 2 atom stereocenters. The van der Waals surface area contributed by atoms with Gasteiger partial charge < -0.3 is 29.4 Å². The number of aliphatic carboxylic acids is 1. The van der Waals surface area contributed by atoms with Crippen molar-refractivity contribution in [3.05, 3.63) is 88.4 Å². The van der Waals surface area contributed by atoms with E-state index in [1.165, 1.54) is 19.8 Å². The van der Waals surface area contributed by atoms with E-state index < -0.39 is 43.0 Å². The number of rotatable bonds is 15.